The fourth-order valence-electron chi connectivity index (χ4n) is 3.93. The van der Waals surface area contributed by atoms with Crippen molar-refractivity contribution in [3.8, 4) is 22.6 Å². The molecule has 7 nitrogen and oxygen atoms in total. The minimum atomic E-state index is -3.69. The van der Waals surface area contributed by atoms with Crippen molar-refractivity contribution in [3.05, 3.63) is 64.9 Å². The van der Waals surface area contributed by atoms with Crippen LogP contribution in [0.4, 0.5) is 0 Å². The third-order valence-electron chi connectivity index (χ3n) is 5.62. The Labute approximate surface area is 190 Å². The molecule has 32 heavy (non-hydrogen) atoms. The number of hydrogen-bond donors (Lipinski definition) is 0. The largest absolute Gasteiger partial charge is 0.486 e. The summed E-state index contributed by atoms with van der Waals surface area (Å²) >= 11 is 1.41. The van der Waals surface area contributed by atoms with E-state index in [1.54, 1.807) is 11.0 Å². The first-order valence-corrected chi connectivity index (χ1v) is 12.7. The Morgan fingerprint density at radius 3 is 2.34 bits per heavy atom. The van der Waals surface area contributed by atoms with Crippen LogP contribution in [0.25, 0.3) is 11.1 Å². The summed E-state index contributed by atoms with van der Waals surface area (Å²) in [5.41, 5.74) is 1.91. The molecular weight excluding hydrogens is 448 g/mol. The number of amides is 1. The van der Waals surface area contributed by atoms with E-state index in [1.807, 2.05) is 41.8 Å². The smallest absolute Gasteiger partial charge is 0.264 e. The van der Waals surface area contributed by atoms with Crippen LogP contribution in [-0.4, -0.2) is 62.9 Å². The van der Waals surface area contributed by atoms with Gasteiger partial charge in [0.05, 0.1) is 9.77 Å². The zero-order valence-corrected chi connectivity index (χ0v) is 18.9. The molecule has 0 aliphatic carbocycles. The Morgan fingerprint density at radius 1 is 0.875 bits per heavy atom. The molecule has 0 bridgehead atoms. The molecule has 1 saturated heterocycles. The number of rotatable bonds is 4. The maximum absolute atomic E-state index is 13.2. The molecule has 2 aromatic carbocycles. The maximum Gasteiger partial charge on any atom is 0.264 e. The van der Waals surface area contributed by atoms with Gasteiger partial charge in [0.1, 0.15) is 13.2 Å². The van der Waals surface area contributed by atoms with Gasteiger partial charge in [-0.1, -0.05) is 30.3 Å². The highest BCUT2D eigenvalue weighted by molar-refractivity contribution is 7.89. The predicted octanol–water partition coefficient (Wildman–Crippen LogP) is 3.33. The van der Waals surface area contributed by atoms with Crippen molar-refractivity contribution in [1.82, 2.24) is 9.21 Å². The molecule has 3 heterocycles. The van der Waals surface area contributed by atoms with Gasteiger partial charge in [-0.2, -0.15) is 4.31 Å². The number of thiophene rings is 1. The van der Waals surface area contributed by atoms with E-state index in [2.05, 4.69) is 0 Å². The van der Waals surface area contributed by atoms with Crippen molar-refractivity contribution in [2.45, 2.75) is 4.90 Å². The summed E-state index contributed by atoms with van der Waals surface area (Å²) in [6.07, 6.45) is 0. The van der Waals surface area contributed by atoms with E-state index in [4.69, 9.17) is 9.47 Å². The molecule has 166 valence electrons. The van der Waals surface area contributed by atoms with Gasteiger partial charge in [0.15, 0.2) is 11.5 Å². The van der Waals surface area contributed by atoms with E-state index in [9.17, 15) is 13.2 Å². The highest BCUT2D eigenvalue weighted by Crippen LogP contribution is 2.34. The van der Waals surface area contributed by atoms with Gasteiger partial charge in [0.2, 0.25) is 10.0 Å². The molecule has 0 radical (unpaired) electrons. The minimum Gasteiger partial charge on any atom is -0.486 e. The molecule has 2 aliphatic rings. The summed E-state index contributed by atoms with van der Waals surface area (Å²) in [5, 5.41) is 1.91. The molecule has 1 amide bonds. The molecule has 1 fully saturated rings. The SMILES string of the molecule is O=C(c1sccc1-c1ccccc1)N1CCN(S(=O)(=O)c2ccc3c(c2)OCCO3)CC1. The first-order valence-electron chi connectivity index (χ1n) is 10.4. The summed E-state index contributed by atoms with van der Waals surface area (Å²) in [5.74, 6) is 0.934. The number of ether oxygens (including phenoxy) is 2. The zero-order chi connectivity index (χ0) is 22.1. The molecule has 3 aromatic rings. The van der Waals surface area contributed by atoms with Crippen molar-refractivity contribution in [2.24, 2.45) is 0 Å². The van der Waals surface area contributed by atoms with Gasteiger partial charge in [-0.3, -0.25) is 4.79 Å². The average Bonchev–Trinajstić information content (AvgIpc) is 3.34. The standard InChI is InChI=1S/C23H22N2O5S2/c26-23(22-19(8-15-31-22)17-4-2-1-3-5-17)24-9-11-25(12-10-24)32(27,28)18-6-7-20-21(16-18)30-14-13-29-20/h1-8,15-16H,9-14H2. The second-order valence-electron chi connectivity index (χ2n) is 7.53. The molecule has 2 aliphatic heterocycles. The quantitative estimate of drug-likeness (QED) is 0.585. The molecule has 0 spiro atoms. The highest BCUT2D eigenvalue weighted by atomic mass is 32.2. The van der Waals surface area contributed by atoms with Crippen molar-refractivity contribution in [3.63, 3.8) is 0 Å². The molecule has 0 N–H and O–H groups in total. The zero-order valence-electron chi connectivity index (χ0n) is 17.3. The van der Waals surface area contributed by atoms with Crippen molar-refractivity contribution in [2.75, 3.05) is 39.4 Å². The van der Waals surface area contributed by atoms with Gasteiger partial charge in [-0.05, 0) is 29.1 Å². The van der Waals surface area contributed by atoms with Crippen molar-refractivity contribution in [1.29, 1.82) is 0 Å². The molecule has 9 heteroatoms. The maximum atomic E-state index is 13.2. The predicted molar refractivity (Wildman–Crippen MR) is 122 cm³/mol. The molecule has 1 aromatic heterocycles. The summed E-state index contributed by atoms with van der Waals surface area (Å²) in [7, 11) is -3.69. The Bertz CT molecular complexity index is 1230. The number of fused-ring (bicyclic) bond motifs is 1. The number of carbonyl (C=O) groups is 1. The third kappa shape index (κ3) is 3.87. The fourth-order valence-corrected chi connectivity index (χ4v) is 6.25. The molecule has 0 saturated carbocycles. The van der Waals surface area contributed by atoms with E-state index in [0.29, 0.717) is 42.7 Å². The van der Waals surface area contributed by atoms with Crippen LogP contribution in [0.2, 0.25) is 0 Å². The molecule has 5 rings (SSSR count). The third-order valence-corrected chi connectivity index (χ3v) is 8.42. The Balaban J connectivity index is 1.29. The number of nitrogens with zero attached hydrogens (tertiary/aromatic N) is 2. The number of carbonyl (C=O) groups excluding carboxylic acids is 1. The Hall–Kier alpha value is -2.88. The van der Waals surface area contributed by atoms with Gasteiger partial charge in [0, 0.05) is 37.8 Å². The summed E-state index contributed by atoms with van der Waals surface area (Å²) in [6.45, 7) is 2.02. The van der Waals surface area contributed by atoms with Crippen molar-refractivity contribution < 1.29 is 22.7 Å². The van der Waals surface area contributed by atoms with Gasteiger partial charge in [-0.25, -0.2) is 8.42 Å². The highest BCUT2D eigenvalue weighted by Gasteiger charge is 2.32. The van der Waals surface area contributed by atoms with Gasteiger partial charge in [0.25, 0.3) is 5.91 Å². The van der Waals surface area contributed by atoms with E-state index >= 15 is 0 Å². The van der Waals surface area contributed by atoms with Crippen LogP contribution >= 0.6 is 11.3 Å². The van der Waals surface area contributed by atoms with Crippen molar-refractivity contribution >= 4 is 27.3 Å². The number of piperazine rings is 1. The lowest BCUT2D eigenvalue weighted by molar-refractivity contribution is 0.0703. The normalized spacial score (nSPS) is 16.7. The monoisotopic (exact) mass is 470 g/mol. The lowest BCUT2D eigenvalue weighted by Gasteiger charge is -2.34. The van der Waals surface area contributed by atoms with Gasteiger partial charge < -0.3 is 14.4 Å². The van der Waals surface area contributed by atoms with Crippen LogP contribution in [0, 0.1) is 0 Å². The topological polar surface area (TPSA) is 76.2 Å². The molecular formula is C23H22N2O5S2. The average molecular weight is 471 g/mol. The van der Waals surface area contributed by atoms with Crippen LogP contribution in [0.3, 0.4) is 0 Å². The fraction of sp³-hybridized carbons (Fsp3) is 0.261. The first kappa shape index (κ1) is 21.0. The van der Waals surface area contributed by atoms with E-state index in [-0.39, 0.29) is 23.9 Å². The molecule has 0 unspecified atom stereocenters. The Morgan fingerprint density at radius 2 is 1.59 bits per heavy atom. The van der Waals surface area contributed by atoms with Gasteiger partial charge >= 0.3 is 0 Å². The van der Waals surface area contributed by atoms with Crippen LogP contribution in [0.1, 0.15) is 9.67 Å². The minimum absolute atomic E-state index is 0.0600. The summed E-state index contributed by atoms with van der Waals surface area (Å²) < 4.78 is 38.7. The Kier molecular flexibility index (Phi) is 5.62. The van der Waals surface area contributed by atoms with Crippen LogP contribution in [0.5, 0.6) is 11.5 Å². The number of benzene rings is 2. The van der Waals surface area contributed by atoms with Crippen LogP contribution in [-0.2, 0) is 10.0 Å². The van der Waals surface area contributed by atoms with Crippen LogP contribution in [0.15, 0.2) is 64.9 Å². The second-order valence-corrected chi connectivity index (χ2v) is 10.4. The number of hydrogen-bond acceptors (Lipinski definition) is 6. The van der Waals surface area contributed by atoms with E-state index in [0.717, 1.165) is 11.1 Å². The lowest BCUT2D eigenvalue weighted by Crippen LogP contribution is -2.50. The lowest BCUT2D eigenvalue weighted by atomic mass is 10.1. The second kappa shape index (κ2) is 8.57. The molecule has 0 atom stereocenters. The first-order chi connectivity index (χ1) is 15.5. The summed E-state index contributed by atoms with van der Waals surface area (Å²) in [6, 6.07) is 16.4. The van der Waals surface area contributed by atoms with Crippen LogP contribution < -0.4 is 9.47 Å². The summed E-state index contributed by atoms with van der Waals surface area (Å²) in [4.78, 5) is 15.8. The van der Waals surface area contributed by atoms with E-state index < -0.39 is 10.0 Å². The van der Waals surface area contributed by atoms with E-state index in [1.165, 1.54) is 27.8 Å². The van der Waals surface area contributed by atoms with Gasteiger partial charge in [-0.15, -0.1) is 11.3 Å². The number of sulfonamides is 1.